The number of halogens is 13. The monoisotopic (exact) mass is 429 g/mol. The number of aromatic amines is 1. The Balaban J connectivity index is 3.26. The van der Waals surface area contributed by atoms with Gasteiger partial charge in [-0.2, -0.15) is 57.1 Å². The summed E-state index contributed by atoms with van der Waals surface area (Å²) in [4.78, 5) is 2.37. The Bertz CT molecular complexity index is 658. The highest BCUT2D eigenvalue weighted by Crippen LogP contribution is 2.60. The van der Waals surface area contributed by atoms with Crippen LogP contribution >= 0.6 is 0 Å². The summed E-state index contributed by atoms with van der Waals surface area (Å²) in [7, 11) is 0. The standard InChI is InChI=1S/C12H9F13N2/c1-6-26-3-5-27(6)4-2-7(13,14)8(15,16)9(17,18)10(19,20)11(21,22)12(23,24)25/h3,5H,2,4H2,1H3/p+1. The molecule has 0 aromatic carbocycles. The highest BCUT2D eigenvalue weighted by molar-refractivity contribution is 5.10. The normalized spacial score (nSPS) is 15.3. The van der Waals surface area contributed by atoms with E-state index in [1.54, 1.807) is 0 Å². The summed E-state index contributed by atoms with van der Waals surface area (Å²) in [6.45, 7) is 0.0676. The highest BCUT2D eigenvalue weighted by atomic mass is 19.4. The number of hydrogen-bond acceptors (Lipinski definition) is 0. The van der Waals surface area contributed by atoms with Gasteiger partial charge in [0.15, 0.2) is 0 Å². The van der Waals surface area contributed by atoms with Gasteiger partial charge < -0.3 is 0 Å². The molecule has 0 radical (unpaired) electrons. The van der Waals surface area contributed by atoms with Crippen molar-refractivity contribution in [2.45, 2.75) is 55.7 Å². The fraction of sp³-hybridized carbons (Fsp3) is 0.750. The molecule has 15 heteroatoms. The van der Waals surface area contributed by atoms with E-state index in [2.05, 4.69) is 4.98 Å². The zero-order valence-electron chi connectivity index (χ0n) is 12.9. The maximum absolute atomic E-state index is 13.5. The van der Waals surface area contributed by atoms with Crippen LogP contribution in [0.25, 0.3) is 0 Å². The minimum Gasteiger partial charge on any atom is -0.248 e. The Morgan fingerprint density at radius 2 is 1.19 bits per heavy atom. The summed E-state index contributed by atoms with van der Waals surface area (Å²) in [5.74, 6) is -36.5. The van der Waals surface area contributed by atoms with Crippen LogP contribution in [0.5, 0.6) is 0 Å². The van der Waals surface area contributed by atoms with Gasteiger partial charge in [0.05, 0.1) is 13.0 Å². The molecule has 0 unspecified atom stereocenters. The fourth-order valence-corrected chi connectivity index (χ4v) is 1.90. The van der Waals surface area contributed by atoms with Gasteiger partial charge in [-0.1, -0.05) is 0 Å². The third kappa shape index (κ3) is 3.44. The van der Waals surface area contributed by atoms with Crippen LogP contribution in [-0.2, 0) is 6.54 Å². The second kappa shape index (κ2) is 6.43. The Kier molecular flexibility index (Phi) is 5.56. The van der Waals surface area contributed by atoms with Gasteiger partial charge in [-0.05, 0) is 0 Å². The molecular weight excluding hydrogens is 419 g/mol. The third-order valence-corrected chi connectivity index (χ3v) is 3.64. The van der Waals surface area contributed by atoms with Crippen molar-refractivity contribution in [1.29, 1.82) is 0 Å². The van der Waals surface area contributed by atoms with E-state index in [-0.39, 0.29) is 5.82 Å². The van der Waals surface area contributed by atoms with Crippen LogP contribution in [0.2, 0.25) is 0 Å². The predicted octanol–water partition coefficient (Wildman–Crippen LogP) is 4.74. The highest BCUT2D eigenvalue weighted by Gasteiger charge is 2.90. The number of rotatable bonds is 7. The quantitative estimate of drug-likeness (QED) is 0.478. The van der Waals surface area contributed by atoms with E-state index in [1.807, 2.05) is 0 Å². The van der Waals surface area contributed by atoms with Crippen LogP contribution in [0.1, 0.15) is 12.2 Å². The molecule has 158 valence electrons. The van der Waals surface area contributed by atoms with E-state index >= 15 is 0 Å². The molecule has 0 aliphatic carbocycles. The molecule has 1 aromatic heterocycles. The van der Waals surface area contributed by atoms with Crippen LogP contribution in [-0.4, -0.2) is 40.8 Å². The Morgan fingerprint density at radius 3 is 1.56 bits per heavy atom. The van der Waals surface area contributed by atoms with Crippen molar-refractivity contribution in [2.24, 2.45) is 0 Å². The molecular formula is C12H10F13N2+. The van der Waals surface area contributed by atoms with E-state index in [9.17, 15) is 57.1 Å². The van der Waals surface area contributed by atoms with Crippen LogP contribution in [0, 0.1) is 6.92 Å². The van der Waals surface area contributed by atoms with Crippen molar-refractivity contribution < 1.29 is 61.6 Å². The van der Waals surface area contributed by atoms with E-state index in [4.69, 9.17) is 0 Å². The van der Waals surface area contributed by atoms with Crippen molar-refractivity contribution in [3.8, 4) is 0 Å². The summed E-state index contributed by atoms with van der Waals surface area (Å²) in [6, 6.07) is 0. The lowest BCUT2D eigenvalue weighted by Gasteiger charge is -2.39. The van der Waals surface area contributed by atoms with Crippen molar-refractivity contribution in [3.05, 3.63) is 18.2 Å². The molecule has 1 heterocycles. The molecule has 0 atom stereocenters. The molecule has 2 nitrogen and oxygen atoms in total. The van der Waals surface area contributed by atoms with Gasteiger partial charge >= 0.3 is 35.8 Å². The van der Waals surface area contributed by atoms with E-state index in [0.29, 0.717) is 0 Å². The summed E-state index contributed by atoms with van der Waals surface area (Å²) in [5.41, 5.74) is 0. The van der Waals surface area contributed by atoms with Crippen molar-refractivity contribution in [1.82, 2.24) is 4.98 Å². The smallest absolute Gasteiger partial charge is 0.248 e. The van der Waals surface area contributed by atoms with Crippen molar-refractivity contribution in [2.75, 3.05) is 0 Å². The van der Waals surface area contributed by atoms with Crippen LogP contribution in [0.3, 0.4) is 0 Å². The van der Waals surface area contributed by atoms with Gasteiger partial charge in [0.1, 0.15) is 12.4 Å². The second-order valence-corrected chi connectivity index (χ2v) is 5.49. The molecule has 1 rings (SSSR count). The average Bonchev–Trinajstić information content (AvgIpc) is 2.88. The Morgan fingerprint density at radius 1 is 0.741 bits per heavy atom. The molecule has 0 aliphatic heterocycles. The number of imidazole rings is 1. The van der Waals surface area contributed by atoms with Gasteiger partial charge in [0.2, 0.25) is 0 Å². The largest absolute Gasteiger partial charge is 0.460 e. The SMILES string of the molecule is Cc1[nH]cc[n+]1CCC(F)(F)C(F)(F)C(F)(F)C(F)(F)C(F)(F)C(F)(F)F. The summed E-state index contributed by atoms with van der Waals surface area (Å²) < 4.78 is 168. The van der Waals surface area contributed by atoms with Crippen LogP contribution < -0.4 is 4.57 Å². The minimum atomic E-state index is -7.86. The number of nitrogens with one attached hydrogen (secondary N) is 1. The van der Waals surface area contributed by atoms with Gasteiger partial charge in [-0.15, -0.1) is 0 Å². The van der Waals surface area contributed by atoms with E-state index < -0.39 is 48.8 Å². The molecule has 0 amide bonds. The second-order valence-electron chi connectivity index (χ2n) is 5.49. The minimum absolute atomic E-state index is 0.0508. The maximum atomic E-state index is 13.5. The molecule has 0 fully saturated rings. The maximum Gasteiger partial charge on any atom is 0.460 e. The number of H-pyrrole nitrogens is 1. The van der Waals surface area contributed by atoms with E-state index in [0.717, 1.165) is 17.0 Å². The Labute approximate surface area is 142 Å². The number of nitrogens with zero attached hydrogens (tertiary/aromatic N) is 1. The molecule has 0 saturated heterocycles. The molecule has 0 spiro atoms. The zero-order valence-corrected chi connectivity index (χ0v) is 12.9. The first-order valence-corrected chi connectivity index (χ1v) is 6.73. The lowest BCUT2D eigenvalue weighted by Crippen LogP contribution is -2.70. The van der Waals surface area contributed by atoms with Crippen LogP contribution in [0.15, 0.2) is 12.4 Å². The van der Waals surface area contributed by atoms with Gasteiger partial charge in [-0.25, -0.2) is 9.55 Å². The van der Waals surface area contributed by atoms with Gasteiger partial charge in [-0.3, -0.25) is 0 Å². The Hall–Kier alpha value is -1.70. The molecule has 1 N–H and O–H groups in total. The molecule has 0 aliphatic rings. The van der Waals surface area contributed by atoms with Gasteiger partial charge in [0.25, 0.3) is 5.82 Å². The van der Waals surface area contributed by atoms with Crippen LogP contribution in [0.4, 0.5) is 57.1 Å². The average molecular weight is 429 g/mol. The molecule has 0 bridgehead atoms. The zero-order chi connectivity index (χ0) is 21.7. The van der Waals surface area contributed by atoms with Gasteiger partial charge in [0, 0.05) is 6.92 Å². The lowest BCUT2D eigenvalue weighted by atomic mass is 9.92. The number of aromatic nitrogens is 2. The van der Waals surface area contributed by atoms with E-state index in [1.165, 1.54) is 6.92 Å². The number of alkyl halides is 13. The van der Waals surface area contributed by atoms with Crippen molar-refractivity contribution in [3.63, 3.8) is 0 Å². The summed E-state index contributed by atoms with van der Waals surface area (Å²) in [6.07, 6.45) is -7.57. The number of aryl methyl sites for hydroxylation is 2. The molecule has 1 aromatic rings. The van der Waals surface area contributed by atoms with Crippen molar-refractivity contribution >= 4 is 0 Å². The number of hydrogen-bond donors (Lipinski definition) is 1. The first-order chi connectivity index (χ1) is 11.7. The molecule has 0 saturated carbocycles. The fourth-order valence-electron chi connectivity index (χ4n) is 1.90. The topological polar surface area (TPSA) is 19.7 Å². The summed E-state index contributed by atoms with van der Waals surface area (Å²) in [5, 5.41) is 0. The summed E-state index contributed by atoms with van der Waals surface area (Å²) >= 11 is 0. The predicted molar refractivity (Wildman–Crippen MR) is 61.1 cm³/mol. The molecule has 27 heavy (non-hydrogen) atoms. The first-order valence-electron chi connectivity index (χ1n) is 6.73. The lowest BCUT2D eigenvalue weighted by molar-refractivity contribution is -0.704. The first kappa shape index (κ1) is 23.3. The third-order valence-electron chi connectivity index (χ3n) is 3.64.